The van der Waals surface area contributed by atoms with Gasteiger partial charge in [-0.25, -0.2) is 9.38 Å². The van der Waals surface area contributed by atoms with E-state index in [1.807, 2.05) is 0 Å². The van der Waals surface area contributed by atoms with Gasteiger partial charge in [0.1, 0.15) is 4.83 Å². The van der Waals surface area contributed by atoms with E-state index in [2.05, 4.69) is 42.3 Å². The number of hydrogen-bond donors (Lipinski definition) is 0. The summed E-state index contributed by atoms with van der Waals surface area (Å²) in [5.74, 6) is 2.11. The molecule has 152 valence electrons. The molecule has 8 heteroatoms. The molecule has 0 bridgehead atoms. The molecule has 0 spiro atoms. The van der Waals surface area contributed by atoms with Crippen LogP contribution in [0.4, 0.5) is 0 Å². The minimum atomic E-state index is -0.105. The van der Waals surface area contributed by atoms with Crippen LogP contribution in [0.5, 0.6) is 0 Å². The molecule has 3 aromatic rings. The lowest BCUT2D eigenvalue weighted by Gasteiger charge is -2.33. The first-order chi connectivity index (χ1) is 13.6. The standard InChI is InChI=1S/C20H28N4OS3/c1-5-8-10-27-19-23-22-16-15-13-11-20(4,7-3)25-12-14(13)28-17(15)21-18(24(16)19)26-9-6-2/h5-12H2,1-4H3/t20-/m0/s1. The predicted octanol–water partition coefficient (Wildman–Crippen LogP) is 5.97. The van der Waals surface area contributed by atoms with Gasteiger partial charge in [-0.15, -0.1) is 21.5 Å². The third-order valence-electron chi connectivity index (χ3n) is 5.33. The third kappa shape index (κ3) is 3.68. The van der Waals surface area contributed by atoms with Crippen LogP contribution in [0.3, 0.4) is 0 Å². The van der Waals surface area contributed by atoms with E-state index in [0.29, 0.717) is 6.61 Å². The Morgan fingerprint density at radius 3 is 2.68 bits per heavy atom. The summed E-state index contributed by atoms with van der Waals surface area (Å²) in [6.45, 7) is 9.52. The van der Waals surface area contributed by atoms with Crippen LogP contribution in [0.1, 0.15) is 63.8 Å². The van der Waals surface area contributed by atoms with Crippen LogP contribution in [-0.4, -0.2) is 36.7 Å². The Morgan fingerprint density at radius 1 is 1.11 bits per heavy atom. The van der Waals surface area contributed by atoms with Gasteiger partial charge in [-0.1, -0.05) is 50.7 Å². The topological polar surface area (TPSA) is 52.3 Å². The van der Waals surface area contributed by atoms with Crippen LogP contribution < -0.4 is 0 Å². The number of rotatable bonds is 8. The summed E-state index contributed by atoms with van der Waals surface area (Å²) in [4.78, 5) is 7.46. The van der Waals surface area contributed by atoms with Crippen LogP contribution in [0.25, 0.3) is 15.9 Å². The fourth-order valence-corrected chi connectivity index (χ4v) is 6.51. The Morgan fingerprint density at radius 2 is 1.93 bits per heavy atom. The molecule has 0 N–H and O–H groups in total. The first kappa shape index (κ1) is 20.4. The molecule has 3 aromatic heterocycles. The minimum Gasteiger partial charge on any atom is -0.369 e. The van der Waals surface area contributed by atoms with E-state index < -0.39 is 0 Å². The molecule has 28 heavy (non-hydrogen) atoms. The lowest BCUT2D eigenvalue weighted by Crippen LogP contribution is -2.33. The molecule has 0 fully saturated rings. The van der Waals surface area contributed by atoms with E-state index >= 15 is 0 Å². The molecule has 0 radical (unpaired) electrons. The number of ether oxygens (including phenoxy) is 1. The van der Waals surface area contributed by atoms with E-state index in [1.54, 1.807) is 34.9 Å². The largest absolute Gasteiger partial charge is 0.369 e. The first-order valence-corrected chi connectivity index (χ1v) is 13.0. The Hall–Kier alpha value is -0.830. The van der Waals surface area contributed by atoms with Gasteiger partial charge in [-0.05, 0) is 31.7 Å². The second-order valence-electron chi connectivity index (χ2n) is 7.54. The number of fused-ring (bicyclic) bond motifs is 5. The van der Waals surface area contributed by atoms with E-state index in [4.69, 9.17) is 9.72 Å². The number of aromatic nitrogens is 4. The van der Waals surface area contributed by atoms with Gasteiger partial charge >= 0.3 is 0 Å². The fourth-order valence-electron chi connectivity index (χ4n) is 3.44. The quantitative estimate of drug-likeness (QED) is 0.246. The minimum absolute atomic E-state index is 0.105. The third-order valence-corrected chi connectivity index (χ3v) is 8.59. The summed E-state index contributed by atoms with van der Waals surface area (Å²) in [5.41, 5.74) is 2.24. The van der Waals surface area contributed by atoms with Crippen molar-refractivity contribution in [1.29, 1.82) is 0 Å². The van der Waals surface area contributed by atoms with E-state index in [9.17, 15) is 0 Å². The number of thiophene rings is 1. The maximum atomic E-state index is 6.18. The van der Waals surface area contributed by atoms with Crippen LogP contribution in [0.15, 0.2) is 10.3 Å². The van der Waals surface area contributed by atoms with Crippen LogP contribution in [0, 0.1) is 0 Å². The normalized spacial score (nSPS) is 19.6. The van der Waals surface area contributed by atoms with Crippen LogP contribution >= 0.6 is 34.9 Å². The molecule has 1 aliphatic rings. The van der Waals surface area contributed by atoms with E-state index in [0.717, 1.165) is 51.6 Å². The van der Waals surface area contributed by atoms with E-state index in [1.165, 1.54) is 28.7 Å². The van der Waals surface area contributed by atoms with Crippen LogP contribution in [0.2, 0.25) is 0 Å². The first-order valence-electron chi connectivity index (χ1n) is 10.2. The number of unbranched alkanes of at least 4 members (excludes halogenated alkanes) is 1. The maximum absolute atomic E-state index is 6.18. The van der Waals surface area contributed by atoms with Crippen molar-refractivity contribution in [1.82, 2.24) is 19.6 Å². The Kier molecular flexibility index (Phi) is 6.20. The van der Waals surface area contributed by atoms with Crippen molar-refractivity contribution in [2.75, 3.05) is 11.5 Å². The lowest BCUT2D eigenvalue weighted by molar-refractivity contribution is -0.0542. The molecule has 1 aliphatic heterocycles. The molecule has 1 atom stereocenters. The van der Waals surface area contributed by atoms with Gasteiger partial charge in [-0.2, -0.15) is 0 Å². The highest BCUT2D eigenvalue weighted by molar-refractivity contribution is 7.99. The van der Waals surface area contributed by atoms with Gasteiger partial charge in [0, 0.05) is 22.8 Å². The SMILES string of the molecule is CCCCSc1nnc2c3c4c(sc3nc(SCCC)n12)CO[C@@](C)(CC)C4. The van der Waals surface area contributed by atoms with Gasteiger partial charge < -0.3 is 4.74 Å². The summed E-state index contributed by atoms with van der Waals surface area (Å²) in [7, 11) is 0. The highest BCUT2D eigenvalue weighted by Gasteiger charge is 2.33. The molecule has 0 saturated carbocycles. The molecule has 0 amide bonds. The zero-order valence-electron chi connectivity index (χ0n) is 17.1. The summed E-state index contributed by atoms with van der Waals surface area (Å²) >= 11 is 5.37. The number of hydrogen-bond acceptors (Lipinski definition) is 7. The molecular weight excluding hydrogens is 408 g/mol. The smallest absolute Gasteiger partial charge is 0.197 e. The van der Waals surface area contributed by atoms with E-state index in [-0.39, 0.29) is 5.60 Å². The van der Waals surface area contributed by atoms with Crippen LogP contribution in [-0.2, 0) is 17.8 Å². The molecule has 4 rings (SSSR count). The molecule has 0 saturated heterocycles. The van der Waals surface area contributed by atoms with Gasteiger partial charge in [-0.3, -0.25) is 0 Å². The molecule has 5 nitrogen and oxygen atoms in total. The monoisotopic (exact) mass is 436 g/mol. The van der Waals surface area contributed by atoms with Gasteiger partial charge in [0.2, 0.25) is 0 Å². The zero-order chi connectivity index (χ0) is 19.7. The molecule has 4 heterocycles. The van der Waals surface area contributed by atoms with Crippen molar-refractivity contribution in [3.05, 3.63) is 10.4 Å². The van der Waals surface area contributed by atoms with Crippen molar-refractivity contribution in [3.63, 3.8) is 0 Å². The Bertz CT molecular complexity index is 983. The van der Waals surface area contributed by atoms with Crippen molar-refractivity contribution in [2.45, 2.75) is 82.3 Å². The maximum Gasteiger partial charge on any atom is 0.197 e. The lowest BCUT2D eigenvalue weighted by atomic mass is 9.90. The second kappa shape index (κ2) is 8.50. The highest BCUT2D eigenvalue weighted by Crippen LogP contribution is 2.42. The van der Waals surface area contributed by atoms with Gasteiger partial charge in [0.25, 0.3) is 0 Å². The van der Waals surface area contributed by atoms with Gasteiger partial charge in [0.15, 0.2) is 16.0 Å². The summed E-state index contributed by atoms with van der Waals surface area (Å²) in [6, 6.07) is 0. The predicted molar refractivity (Wildman–Crippen MR) is 120 cm³/mol. The molecule has 0 aliphatic carbocycles. The number of nitrogens with zero attached hydrogens (tertiary/aromatic N) is 4. The van der Waals surface area contributed by atoms with Gasteiger partial charge in [0.05, 0.1) is 17.6 Å². The molecular formula is C20H28N4OS3. The second-order valence-corrected chi connectivity index (χ2v) is 10.7. The highest BCUT2D eigenvalue weighted by atomic mass is 32.2. The van der Waals surface area contributed by atoms with Crippen molar-refractivity contribution < 1.29 is 4.74 Å². The molecule has 0 unspecified atom stereocenters. The number of thioether (sulfide) groups is 2. The Balaban J connectivity index is 1.87. The summed E-state index contributed by atoms with van der Waals surface area (Å²) in [5, 5.41) is 12.4. The van der Waals surface area contributed by atoms with Crippen molar-refractivity contribution in [3.8, 4) is 0 Å². The van der Waals surface area contributed by atoms with Crippen molar-refractivity contribution in [2.24, 2.45) is 0 Å². The fraction of sp³-hybridized carbons (Fsp3) is 0.650. The van der Waals surface area contributed by atoms with Crippen molar-refractivity contribution >= 4 is 50.7 Å². The Labute approximate surface area is 179 Å². The average Bonchev–Trinajstić information content (AvgIpc) is 3.27. The average molecular weight is 437 g/mol. The molecule has 0 aromatic carbocycles. The summed E-state index contributed by atoms with van der Waals surface area (Å²) < 4.78 is 8.38. The summed E-state index contributed by atoms with van der Waals surface area (Å²) in [6.07, 6.45) is 5.42. The zero-order valence-corrected chi connectivity index (χ0v) is 19.5.